The predicted molar refractivity (Wildman–Crippen MR) is 129 cm³/mol. The molecule has 2 heterocycles. The number of carbonyl (C=O) groups excluding carboxylic acids is 1. The van der Waals surface area contributed by atoms with Crippen molar-refractivity contribution in [3.63, 3.8) is 0 Å². The van der Waals surface area contributed by atoms with E-state index in [0.29, 0.717) is 23.3 Å². The number of halogens is 1. The molecule has 1 atom stereocenters. The maximum absolute atomic E-state index is 12.2. The Morgan fingerprint density at radius 2 is 1.94 bits per heavy atom. The molecule has 0 radical (unpaired) electrons. The van der Waals surface area contributed by atoms with E-state index < -0.39 is 6.16 Å². The number of nitrogens with zero attached hydrogens (tertiary/aromatic N) is 2. The predicted octanol–water partition coefficient (Wildman–Crippen LogP) is 6.07. The average molecular weight is 469 g/mol. The SMILES string of the molecule is C=C(OCC)N1CCC(C2c3ccc(Cl)cc3C=C(OC(=O)OCC)c3cccnc32)CC1. The van der Waals surface area contributed by atoms with Gasteiger partial charge in [0.2, 0.25) is 0 Å². The number of carbonyl (C=O) groups is 1. The van der Waals surface area contributed by atoms with Crippen molar-refractivity contribution in [1.82, 2.24) is 9.88 Å². The first-order valence-corrected chi connectivity index (χ1v) is 11.8. The second kappa shape index (κ2) is 10.3. The molecule has 1 aliphatic heterocycles. The van der Waals surface area contributed by atoms with Crippen LogP contribution in [0.4, 0.5) is 4.79 Å². The monoisotopic (exact) mass is 468 g/mol. The molecule has 1 aromatic carbocycles. The minimum Gasteiger partial charge on any atom is -0.480 e. The van der Waals surface area contributed by atoms with Crippen LogP contribution in [0.25, 0.3) is 11.8 Å². The van der Waals surface area contributed by atoms with E-state index in [9.17, 15) is 4.79 Å². The first-order valence-electron chi connectivity index (χ1n) is 11.4. The molecule has 6 nitrogen and oxygen atoms in total. The molecule has 0 amide bonds. The Morgan fingerprint density at radius 3 is 2.67 bits per heavy atom. The summed E-state index contributed by atoms with van der Waals surface area (Å²) in [5.74, 6) is 1.54. The smallest absolute Gasteiger partial charge is 0.480 e. The van der Waals surface area contributed by atoms with Gasteiger partial charge < -0.3 is 19.1 Å². The summed E-state index contributed by atoms with van der Waals surface area (Å²) >= 11 is 6.35. The highest BCUT2D eigenvalue weighted by molar-refractivity contribution is 6.30. The van der Waals surface area contributed by atoms with Crippen LogP contribution >= 0.6 is 11.6 Å². The van der Waals surface area contributed by atoms with Gasteiger partial charge in [-0.15, -0.1) is 0 Å². The van der Waals surface area contributed by atoms with Crippen molar-refractivity contribution in [3.05, 3.63) is 76.4 Å². The Morgan fingerprint density at radius 1 is 1.18 bits per heavy atom. The Bertz CT molecular complexity index is 1060. The number of ether oxygens (including phenoxy) is 3. The summed E-state index contributed by atoms with van der Waals surface area (Å²) in [6, 6.07) is 9.69. The number of hydrogen-bond donors (Lipinski definition) is 0. The van der Waals surface area contributed by atoms with E-state index >= 15 is 0 Å². The highest BCUT2D eigenvalue weighted by Gasteiger charge is 2.35. The molecule has 1 unspecified atom stereocenters. The molecule has 1 aromatic heterocycles. The van der Waals surface area contributed by atoms with Crippen molar-refractivity contribution >= 4 is 29.6 Å². The van der Waals surface area contributed by atoms with Crippen molar-refractivity contribution < 1.29 is 19.0 Å². The number of piperidine rings is 1. The fraction of sp³-hybridized carbons (Fsp3) is 0.385. The second-order valence-corrected chi connectivity index (χ2v) is 8.57. The molecule has 0 N–H and O–H groups in total. The van der Waals surface area contributed by atoms with Gasteiger partial charge in [0.1, 0.15) is 5.76 Å². The van der Waals surface area contributed by atoms with Gasteiger partial charge in [-0.1, -0.05) is 17.7 Å². The first-order chi connectivity index (χ1) is 16.0. The summed E-state index contributed by atoms with van der Waals surface area (Å²) in [7, 11) is 0. The molecular formula is C26H29ClN2O4. The summed E-state index contributed by atoms with van der Waals surface area (Å²) < 4.78 is 16.3. The van der Waals surface area contributed by atoms with Crippen molar-refractivity contribution in [1.29, 1.82) is 0 Å². The molecule has 7 heteroatoms. The number of likely N-dealkylation sites (tertiary alicyclic amines) is 1. The molecule has 174 valence electrons. The summed E-state index contributed by atoms with van der Waals surface area (Å²) in [4.78, 5) is 19.2. The fourth-order valence-corrected chi connectivity index (χ4v) is 4.91. The minimum absolute atomic E-state index is 0.0375. The molecule has 4 rings (SSSR count). The molecule has 2 aliphatic rings. The lowest BCUT2D eigenvalue weighted by Crippen LogP contribution is -2.36. The van der Waals surface area contributed by atoms with Crippen molar-refractivity contribution in [2.75, 3.05) is 26.3 Å². The van der Waals surface area contributed by atoms with E-state index in [0.717, 1.165) is 54.2 Å². The highest BCUT2D eigenvalue weighted by atomic mass is 35.5. The van der Waals surface area contributed by atoms with Gasteiger partial charge in [-0.25, -0.2) is 4.79 Å². The zero-order valence-corrected chi connectivity index (χ0v) is 19.8. The number of benzene rings is 1. The molecule has 2 aromatic rings. The summed E-state index contributed by atoms with van der Waals surface area (Å²) in [6.07, 6.45) is 4.85. The van der Waals surface area contributed by atoms with E-state index in [-0.39, 0.29) is 12.5 Å². The van der Waals surface area contributed by atoms with Crippen molar-refractivity contribution in [2.24, 2.45) is 5.92 Å². The zero-order valence-electron chi connectivity index (χ0n) is 19.1. The second-order valence-electron chi connectivity index (χ2n) is 8.13. The topological polar surface area (TPSA) is 60.9 Å². The lowest BCUT2D eigenvalue weighted by molar-refractivity contribution is 0.0924. The van der Waals surface area contributed by atoms with Gasteiger partial charge in [-0.3, -0.25) is 4.98 Å². The van der Waals surface area contributed by atoms with E-state index in [1.165, 1.54) is 0 Å². The van der Waals surface area contributed by atoms with Crippen LogP contribution in [-0.4, -0.2) is 42.3 Å². The maximum atomic E-state index is 12.2. The van der Waals surface area contributed by atoms with Crippen LogP contribution in [-0.2, 0) is 14.2 Å². The molecular weight excluding hydrogens is 440 g/mol. The summed E-state index contributed by atoms with van der Waals surface area (Å²) in [6.45, 7) is 10.4. The largest absolute Gasteiger partial charge is 0.513 e. The van der Waals surface area contributed by atoms with Gasteiger partial charge in [0, 0.05) is 35.8 Å². The van der Waals surface area contributed by atoms with E-state index in [1.807, 2.05) is 37.3 Å². The maximum Gasteiger partial charge on any atom is 0.513 e. The van der Waals surface area contributed by atoms with E-state index in [1.54, 1.807) is 13.1 Å². The van der Waals surface area contributed by atoms with Crippen molar-refractivity contribution in [2.45, 2.75) is 32.6 Å². The Labute approximate surface area is 199 Å². The van der Waals surface area contributed by atoms with E-state index in [4.69, 9.17) is 30.8 Å². The molecule has 0 bridgehead atoms. The van der Waals surface area contributed by atoms with Crippen LogP contribution in [0, 0.1) is 5.92 Å². The van der Waals surface area contributed by atoms with Gasteiger partial charge in [0.05, 0.1) is 18.9 Å². The van der Waals surface area contributed by atoms with Crippen LogP contribution in [0.1, 0.15) is 55.0 Å². The van der Waals surface area contributed by atoms with Gasteiger partial charge in [-0.05, 0) is 80.7 Å². The van der Waals surface area contributed by atoms with Crippen LogP contribution < -0.4 is 0 Å². The molecule has 1 aliphatic carbocycles. The van der Waals surface area contributed by atoms with Crippen LogP contribution in [0.2, 0.25) is 5.02 Å². The number of rotatable bonds is 6. The van der Waals surface area contributed by atoms with Crippen LogP contribution in [0.5, 0.6) is 0 Å². The Balaban J connectivity index is 1.72. The van der Waals surface area contributed by atoms with Gasteiger partial charge in [0.15, 0.2) is 5.88 Å². The molecule has 1 fully saturated rings. The van der Waals surface area contributed by atoms with Crippen molar-refractivity contribution in [3.8, 4) is 0 Å². The van der Waals surface area contributed by atoms with Gasteiger partial charge in [-0.2, -0.15) is 0 Å². The number of fused-ring (bicyclic) bond motifs is 2. The molecule has 0 saturated carbocycles. The third-order valence-corrected chi connectivity index (χ3v) is 6.43. The average Bonchev–Trinajstić information content (AvgIpc) is 2.94. The molecule has 1 saturated heterocycles. The zero-order chi connectivity index (χ0) is 23.4. The van der Waals surface area contributed by atoms with E-state index in [2.05, 4.69) is 17.5 Å². The summed E-state index contributed by atoms with van der Waals surface area (Å²) in [5, 5.41) is 0.626. The third kappa shape index (κ3) is 5.01. The Kier molecular flexibility index (Phi) is 7.23. The molecule has 0 spiro atoms. The Hall–Kier alpha value is -2.99. The van der Waals surface area contributed by atoms with Crippen LogP contribution in [0.3, 0.4) is 0 Å². The fourth-order valence-electron chi connectivity index (χ4n) is 4.73. The van der Waals surface area contributed by atoms with Gasteiger partial charge >= 0.3 is 6.16 Å². The van der Waals surface area contributed by atoms with Crippen LogP contribution in [0.15, 0.2) is 49.0 Å². The molecule has 33 heavy (non-hydrogen) atoms. The first kappa shape index (κ1) is 23.2. The quantitative estimate of drug-likeness (QED) is 0.378. The standard InChI is InChI=1S/C26H29ClN2O4/c1-4-31-17(3)29-13-10-18(11-14-29)24-21-9-8-20(27)15-19(21)16-23(33-26(30)32-5-2)22-7-6-12-28-25(22)24/h6-9,12,15-16,18,24H,3-5,10-11,13-14H2,1-2H3. The summed E-state index contributed by atoms with van der Waals surface area (Å²) in [5.41, 5.74) is 3.75. The number of hydrogen-bond acceptors (Lipinski definition) is 6. The number of pyridine rings is 1. The van der Waals surface area contributed by atoms with Gasteiger partial charge in [0.25, 0.3) is 0 Å². The normalized spacial score (nSPS) is 17.8. The lowest BCUT2D eigenvalue weighted by Gasteiger charge is -2.38. The highest BCUT2D eigenvalue weighted by Crippen LogP contribution is 2.45. The minimum atomic E-state index is -0.733. The number of aromatic nitrogens is 1. The lowest BCUT2D eigenvalue weighted by atomic mass is 9.76. The third-order valence-electron chi connectivity index (χ3n) is 6.20.